The van der Waals surface area contributed by atoms with Gasteiger partial charge in [-0.2, -0.15) is 0 Å². The molecule has 0 spiro atoms. The molecule has 0 saturated carbocycles. The number of piperazine rings is 1. The lowest BCUT2D eigenvalue weighted by Crippen LogP contribution is -2.44. The SMILES string of the molecule is CN1CCN(CCCCCOc2ccc3cc(-c4nc5ccccc5o4)ccc3c2)CC1.Cl. The van der Waals surface area contributed by atoms with E-state index in [0.717, 1.165) is 46.2 Å². The molecule has 0 radical (unpaired) electrons. The second kappa shape index (κ2) is 11.0. The average molecular weight is 466 g/mol. The quantitative estimate of drug-likeness (QED) is 0.304. The molecule has 2 heterocycles. The van der Waals surface area contributed by atoms with Gasteiger partial charge in [-0.25, -0.2) is 4.98 Å². The van der Waals surface area contributed by atoms with Crippen LogP contribution in [0.15, 0.2) is 65.1 Å². The van der Waals surface area contributed by atoms with Crippen molar-refractivity contribution in [1.82, 2.24) is 14.8 Å². The third kappa shape index (κ3) is 5.85. The summed E-state index contributed by atoms with van der Waals surface area (Å²) in [6.07, 6.45) is 3.57. The molecule has 1 fully saturated rings. The molecule has 6 heteroatoms. The number of ether oxygens (including phenoxy) is 1. The van der Waals surface area contributed by atoms with Crippen LogP contribution in [0.4, 0.5) is 0 Å². The summed E-state index contributed by atoms with van der Waals surface area (Å²) in [6.45, 7) is 6.79. The zero-order chi connectivity index (χ0) is 21.8. The van der Waals surface area contributed by atoms with Crippen molar-refractivity contribution in [3.05, 3.63) is 60.7 Å². The van der Waals surface area contributed by atoms with E-state index in [1.807, 2.05) is 24.3 Å². The Labute approximate surface area is 201 Å². The van der Waals surface area contributed by atoms with Crippen molar-refractivity contribution in [3.63, 3.8) is 0 Å². The van der Waals surface area contributed by atoms with E-state index in [9.17, 15) is 0 Å². The largest absolute Gasteiger partial charge is 0.494 e. The van der Waals surface area contributed by atoms with Crippen LogP contribution >= 0.6 is 12.4 Å². The molecule has 0 amide bonds. The zero-order valence-electron chi connectivity index (χ0n) is 19.2. The average Bonchev–Trinajstić information content (AvgIpc) is 3.26. The van der Waals surface area contributed by atoms with Crippen molar-refractivity contribution in [2.45, 2.75) is 19.3 Å². The van der Waals surface area contributed by atoms with E-state index in [4.69, 9.17) is 9.15 Å². The van der Waals surface area contributed by atoms with Gasteiger partial charge in [0, 0.05) is 31.7 Å². The molecule has 0 N–H and O–H groups in total. The first-order valence-electron chi connectivity index (χ1n) is 11.7. The first-order chi connectivity index (χ1) is 15.7. The Morgan fingerprint density at radius 1 is 0.879 bits per heavy atom. The van der Waals surface area contributed by atoms with Crippen LogP contribution < -0.4 is 4.74 Å². The molecule has 174 valence electrons. The molecule has 4 aromatic rings. The number of likely N-dealkylation sites (N-methyl/N-ethyl adjacent to an activating group) is 1. The molecule has 1 saturated heterocycles. The van der Waals surface area contributed by atoms with Crippen molar-refractivity contribution >= 4 is 34.3 Å². The molecule has 33 heavy (non-hydrogen) atoms. The van der Waals surface area contributed by atoms with E-state index in [1.165, 1.54) is 45.6 Å². The van der Waals surface area contributed by atoms with Gasteiger partial charge in [-0.05, 0) is 80.0 Å². The molecule has 0 unspecified atom stereocenters. The van der Waals surface area contributed by atoms with Gasteiger partial charge in [0.15, 0.2) is 5.58 Å². The highest BCUT2D eigenvalue weighted by Crippen LogP contribution is 2.29. The van der Waals surface area contributed by atoms with E-state index in [2.05, 4.69) is 58.2 Å². The first kappa shape index (κ1) is 23.6. The number of rotatable bonds is 8. The van der Waals surface area contributed by atoms with E-state index >= 15 is 0 Å². The summed E-state index contributed by atoms with van der Waals surface area (Å²) in [6, 6.07) is 20.5. The van der Waals surface area contributed by atoms with Crippen molar-refractivity contribution in [2.24, 2.45) is 0 Å². The molecule has 1 aliphatic heterocycles. The summed E-state index contributed by atoms with van der Waals surface area (Å²) < 4.78 is 11.9. The van der Waals surface area contributed by atoms with Crippen LogP contribution in [-0.4, -0.2) is 61.2 Å². The number of nitrogens with zero attached hydrogens (tertiary/aromatic N) is 3. The van der Waals surface area contributed by atoms with Gasteiger partial charge in [-0.3, -0.25) is 0 Å². The van der Waals surface area contributed by atoms with Crippen LogP contribution in [-0.2, 0) is 0 Å². The van der Waals surface area contributed by atoms with E-state index in [0.29, 0.717) is 5.89 Å². The van der Waals surface area contributed by atoms with Crippen molar-refractivity contribution in [3.8, 4) is 17.2 Å². The lowest BCUT2D eigenvalue weighted by molar-refractivity contribution is 0.151. The zero-order valence-corrected chi connectivity index (χ0v) is 20.0. The Balaban J connectivity index is 0.00000259. The maximum absolute atomic E-state index is 6.02. The summed E-state index contributed by atoms with van der Waals surface area (Å²) in [5.41, 5.74) is 2.69. The standard InChI is InChI=1S/C27H31N3O2.ClH/c1-29-14-16-30(17-15-29)13-5-2-6-18-31-24-12-11-21-19-23(10-9-22(21)20-24)27-28-25-7-3-4-8-26(25)32-27;/h3-4,7-12,19-20H,2,5-6,13-18H2,1H3;1H. The maximum atomic E-state index is 6.02. The minimum Gasteiger partial charge on any atom is -0.494 e. The molecule has 5 rings (SSSR count). The monoisotopic (exact) mass is 465 g/mol. The summed E-state index contributed by atoms with van der Waals surface area (Å²) in [4.78, 5) is 9.60. The Kier molecular flexibility index (Phi) is 7.86. The molecular formula is C27H32ClN3O2. The van der Waals surface area contributed by atoms with Crippen LogP contribution in [0.25, 0.3) is 33.3 Å². The van der Waals surface area contributed by atoms with E-state index < -0.39 is 0 Å². The predicted molar refractivity (Wildman–Crippen MR) is 137 cm³/mol. The number of aromatic nitrogens is 1. The second-order valence-electron chi connectivity index (χ2n) is 8.76. The third-order valence-electron chi connectivity index (χ3n) is 6.34. The summed E-state index contributed by atoms with van der Waals surface area (Å²) in [5.74, 6) is 1.59. The third-order valence-corrected chi connectivity index (χ3v) is 6.34. The Morgan fingerprint density at radius 2 is 1.67 bits per heavy atom. The summed E-state index contributed by atoms with van der Waals surface area (Å²) >= 11 is 0. The fraction of sp³-hybridized carbons (Fsp3) is 0.370. The lowest BCUT2D eigenvalue weighted by Gasteiger charge is -2.32. The Bertz CT molecular complexity index is 1150. The topological polar surface area (TPSA) is 41.7 Å². The predicted octanol–water partition coefficient (Wildman–Crippen LogP) is 5.87. The minimum absolute atomic E-state index is 0. The normalized spacial score (nSPS) is 15.1. The lowest BCUT2D eigenvalue weighted by atomic mass is 10.1. The first-order valence-corrected chi connectivity index (χ1v) is 11.7. The molecule has 1 aromatic heterocycles. The van der Waals surface area contributed by atoms with Crippen LogP contribution in [0.3, 0.4) is 0 Å². The van der Waals surface area contributed by atoms with Crippen LogP contribution in [0.2, 0.25) is 0 Å². The number of oxazole rings is 1. The number of para-hydroxylation sites is 2. The Morgan fingerprint density at radius 3 is 2.52 bits per heavy atom. The molecule has 1 aliphatic rings. The van der Waals surface area contributed by atoms with Crippen LogP contribution in [0.1, 0.15) is 19.3 Å². The van der Waals surface area contributed by atoms with Gasteiger partial charge in [-0.15, -0.1) is 12.4 Å². The van der Waals surface area contributed by atoms with Crippen molar-refractivity contribution < 1.29 is 9.15 Å². The second-order valence-corrected chi connectivity index (χ2v) is 8.76. The van der Waals surface area contributed by atoms with Crippen molar-refractivity contribution in [1.29, 1.82) is 0 Å². The van der Waals surface area contributed by atoms with Gasteiger partial charge < -0.3 is 19.0 Å². The van der Waals surface area contributed by atoms with Gasteiger partial charge in [0.05, 0.1) is 6.61 Å². The molecular weight excluding hydrogens is 434 g/mol. The van der Waals surface area contributed by atoms with Gasteiger partial charge in [0.1, 0.15) is 11.3 Å². The van der Waals surface area contributed by atoms with Gasteiger partial charge >= 0.3 is 0 Å². The molecule has 0 atom stereocenters. The van der Waals surface area contributed by atoms with Gasteiger partial charge in [0.2, 0.25) is 5.89 Å². The van der Waals surface area contributed by atoms with Gasteiger partial charge in [-0.1, -0.05) is 24.3 Å². The smallest absolute Gasteiger partial charge is 0.227 e. The number of fused-ring (bicyclic) bond motifs is 2. The number of benzene rings is 3. The van der Waals surface area contributed by atoms with E-state index in [-0.39, 0.29) is 12.4 Å². The number of halogens is 1. The Hall–Kier alpha value is -2.60. The summed E-state index contributed by atoms with van der Waals surface area (Å²) in [7, 11) is 2.21. The fourth-order valence-corrected chi connectivity index (χ4v) is 4.32. The highest BCUT2D eigenvalue weighted by molar-refractivity contribution is 5.88. The number of unbranched alkanes of at least 4 members (excludes halogenated alkanes) is 2. The highest BCUT2D eigenvalue weighted by Gasteiger charge is 2.12. The molecule has 0 bridgehead atoms. The van der Waals surface area contributed by atoms with Crippen LogP contribution in [0, 0.1) is 0 Å². The molecule has 3 aromatic carbocycles. The summed E-state index contributed by atoms with van der Waals surface area (Å²) in [5, 5.41) is 2.32. The van der Waals surface area contributed by atoms with Crippen LogP contribution in [0.5, 0.6) is 5.75 Å². The molecule has 0 aliphatic carbocycles. The number of hydrogen-bond donors (Lipinski definition) is 0. The van der Waals surface area contributed by atoms with Crippen molar-refractivity contribution in [2.75, 3.05) is 46.4 Å². The number of hydrogen-bond acceptors (Lipinski definition) is 5. The van der Waals surface area contributed by atoms with Gasteiger partial charge in [0.25, 0.3) is 0 Å². The fourth-order valence-electron chi connectivity index (χ4n) is 4.32. The molecule has 5 nitrogen and oxygen atoms in total. The van der Waals surface area contributed by atoms with E-state index in [1.54, 1.807) is 0 Å². The maximum Gasteiger partial charge on any atom is 0.227 e. The highest BCUT2D eigenvalue weighted by atomic mass is 35.5. The minimum atomic E-state index is 0.